The van der Waals surface area contributed by atoms with Crippen LogP contribution in [0.5, 0.6) is 0 Å². The Balaban J connectivity index is 1.47. The first-order valence-electron chi connectivity index (χ1n) is 12.1. The Bertz CT molecular complexity index is 1070. The molecule has 7 nitrogen and oxygen atoms in total. The molecule has 3 aliphatic carbocycles. The summed E-state index contributed by atoms with van der Waals surface area (Å²) in [6.45, 7) is 5.92. The predicted octanol–water partition coefficient (Wildman–Crippen LogP) is 3.00. The maximum atomic E-state index is 12.9. The number of carbonyl (C=O) groups is 1. The summed E-state index contributed by atoms with van der Waals surface area (Å²) >= 11 is 0. The maximum Gasteiger partial charge on any atom is 0.226 e. The van der Waals surface area contributed by atoms with Crippen molar-refractivity contribution in [2.45, 2.75) is 50.5 Å². The first kappa shape index (κ1) is 21.6. The fraction of sp³-hybridized carbons (Fsp3) is 0.500. The van der Waals surface area contributed by atoms with Crippen LogP contribution in [0.4, 0.5) is 5.82 Å². The summed E-state index contributed by atoms with van der Waals surface area (Å²) in [6.07, 6.45) is 11.5. The molecule has 3 saturated carbocycles. The molecule has 0 spiro atoms. The van der Waals surface area contributed by atoms with E-state index in [9.17, 15) is 10.1 Å². The van der Waals surface area contributed by atoms with Gasteiger partial charge in [-0.25, -0.2) is 4.98 Å². The first-order valence-corrected chi connectivity index (χ1v) is 12.1. The molecule has 1 aromatic heterocycles. The van der Waals surface area contributed by atoms with Crippen molar-refractivity contribution in [1.29, 1.82) is 5.26 Å². The molecule has 0 radical (unpaired) electrons. The fourth-order valence-corrected chi connectivity index (χ4v) is 4.90. The number of aromatic nitrogens is 1. The standard InChI is InChI=1S/C26H32N6O/c1-2-16(13-27)11-22(29)21-12-20(14-28)25(30-24(21)18-5-6-18)31-9-10-32(26(33)19-7-8-19)23(15-31)17-3-4-17/h2,11-13,17-19,23H,1,3-10,15,27,29H2/b16-13-,22-11-. The molecule has 1 aliphatic heterocycles. The highest BCUT2D eigenvalue weighted by atomic mass is 16.2. The largest absolute Gasteiger partial charge is 0.404 e. The molecule has 1 amide bonds. The number of nitriles is 1. The van der Waals surface area contributed by atoms with Crippen LogP contribution in [0.3, 0.4) is 0 Å². The number of pyridine rings is 1. The molecular formula is C26H32N6O. The van der Waals surface area contributed by atoms with Crippen LogP contribution in [0.15, 0.2) is 36.6 Å². The second-order valence-electron chi connectivity index (χ2n) is 9.81. The Morgan fingerprint density at radius 2 is 1.97 bits per heavy atom. The average Bonchev–Trinajstić information content (AvgIpc) is 3.68. The summed E-state index contributed by atoms with van der Waals surface area (Å²) in [4.78, 5) is 22.3. The van der Waals surface area contributed by atoms with Gasteiger partial charge in [0.2, 0.25) is 5.91 Å². The lowest BCUT2D eigenvalue weighted by atomic mass is 10.0. The molecule has 33 heavy (non-hydrogen) atoms. The number of rotatable bonds is 7. The summed E-state index contributed by atoms with van der Waals surface area (Å²) in [7, 11) is 0. The summed E-state index contributed by atoms with van der Waals surface area (Å²) in [5.74, 6) is 2.24. The third-order valence-corrected chi connectivity index (χ3v) is 7.27. The van der Waals surface area contributed by atoms with Gasteiger partial charge in [-0.15, -0.1) is 0 Å². The van der Waals surface area contributed by atoms with Crippen LogP contribution < -0.4 is 16.4 Å². The van der Waals surface area contributed by atoms with Gasteiger partial charge in [-0.2, -0.15) is 5.26 Å². The van der Waals surface area contributed by atoms with Crippen molar-refractivity contribution in [2.24, 2.45) is 23.3 Å². The molecule has 0 aromatic carbocycles. The van der Waals surface area contributed by atoms with Crippen LogP contribution in [0.1, 0.15) is 61.3 Å². The molecule has 1 saturated heterocycles. The molecular weight excluding hydrogens is 412 g/mol. The molecule has 1 aromatic rings. The van der Waals surface area contributed by atoms with Crippen LogP contribution in [0.25, 0.3) is 5.70 Å². The van der Waals surface area contributed by atoms with Gasteiger partial charge in [0.1, 0.15) is 11.9 Å². The molecule has 4 aliphatic rings. The summed E-state index contributed by atoms with van der Waals surface area (Å²) in [5.41, 5.74) is 15.6. The Labute approximate surface area is 195 Å². The highest BCUT2D eigenvalue weighted by Crippen LogP contribution is 2.44. The zero-order valence-corrected chi connectivity index (χ0v) is 19.0. The Hall–Kier alpha value is -3.27. The van der Waals surface area contributed by atoms with Crippen LogP contribution >= 0.6 is 0 Å². The number of nitrogens with two attached hydrogens (primary N) is 2. The van der Waals surface area contributed by atoms with Crippen molar-refractivity contribution in [3.63, 3.8) is 0 Å². The lowest BCUT2D eigenvalue weighted by Crippen LogP contribution is -2.57. The van der Waals surface area contributed by atoms with Crippen molar-refractivity contribution in [3.05, 3.63) is 53.4 Å². The molecule has 5 rings (SSSR count). The van der Waals surface area contributed by atoms with Crippen LogP contribution in [-0.2, 0) is 4.79 Å². The third-order valence-electron chi connectivity index (χ3n) is 7.27. The summed E-state index contributed by atoms with van der Waals surface area (Å²) in [5, 5.41) is 9.99. The Morgan fingerprint density at radius 1 is 1.21 bits per heavy atom. The second-order valence-corrected chi connectivity index (χ2v) is 9.81. The minimum atomic E-state index is 0.221. The van der Waals surface area contributed by atoms with E-state index in [1.54, 1.807) is 12.2 Å². The second kappa shape index (κ2) is 8.58. The van der Waals surface area contributed by atoms with E-state index in [0.29, 0.717) is 42.1 Å². The number of carbonyl (C=O) groups excluding carboxylic acids is 1. The number of amides is 1. The molecule has 172 valence electrons. The van der Waals surface area contributed by atoms with Crippen molar-refractivity contribution >= 4 is 17.4 Å². The number of nitrogens with zero attached hydrogens (tertiary/aromatic N) is 4. The fourth-order valence-electron chi connectivity index (χ4n) is 4.90. The normalized spacial score (nSPS) is 23.9. The van der Waals surface area contributed by atoms with E-state index in [2.05, 4.69) is 22.4 Å². The zero-order chi connectivity index (χ0) is 23.1. The Morgan fingerprint density at radius 3 is 2.55 bits per heavy atom. The minimum absolute atomic E-state index is 0.221. The van der Waals surface area contributed by atoms with Crippen molar-refractivity contribution in [1.82, 2.24) is 9.88 Å². The quantitative estimate of drug-likeness (QED) is 0.625. The topological polar surface area (TPSA) is 112 Å². The van der Waals surface area contributed by atoms with Gasteiger partial charge in [-0.3, -0.25) is 4.79 Å². The average molecular weight is 445 g/mol. The van der Waals surface area contributed by atoms with Gasteiger partial charge in [0.25, 0.3) is 0 Å². The molecule has 4 N–H and O–H groups in total. The molecule has 2 heterocycles. The Kier molecular flexibility index (Phi) is 5.61. The number of piperazine rings is 1. The highest BCUT2D eigenvalue weighted by Gasteiger charge is 2.45. The van der Waals surface area contributed by atoms with E-state index in [0.717, 1.165) is 54.9 Å². The molecule has 7 heteroatoms. The number of anilines is 1. The van der Waals surface area contributed by atoms with Crippen molar-refractivity contribution < 1.29 is 4.79 Å². The van der Waals surface area contributed by atoms with E-state index in [-0.39, 0.29) is 12.0 Å². The molecule has 0 bridgehead atoms. The van der Waals surface area contributed by atoms with E-state index in [4.69, 9.17) is 16.5 Å². The van der Waals surface area contributed by atoms with Crippen molar-refractivity contribution in [3.8, 4) is 6.07 Å². The third kappa shape index (κ3) is 4.35. The highest BCUT2D eigenvalue weighted by molar-refractivity contribution is 5.82. The minimum Gasteiger partial charge on any atom is -0.404 e. The van der Waals surface area contributed by atoms with E-state index >= 15 is 0 Å². The summed E-state index contributed by atoms with van der Waals surface area (Å²) in [6, 6.07) is 4.45. The van der Waals surface area contributed by atoms with Gasteiger partial charge in [0, 0.05) is 48.9 Å². The lowest BCUT2D eigenvalue weighted by molar-refractivity contribution is -0.135. The molecule has 1 atom stereocenters. The predicted molar refractivity (Wildman–Crippen MR) is 129 cm³/mol. The molecule has 1 unspecified atom stereocenters. The van der Waals surface area contributed by atoms with Gasteiger partial charge in [-0.1, -0.05) is 12.7 Å². The van der Waals surface area contributed by atoms with E-state index < -0.39 is 0 Å². The summed E-state index contributed by atoms with van der Waals surface area (Å²) < 4.78 is 0. The van der Waals surface area contributed by atoms with Crippen LogP contribution in [0, 0.1) is 23.2 Å². The van der Waals surface area contributed by atoms with Crippen LogP contribution in [0.2, 0.25) is 0 Å². The first-order chi connectivity index (χ1) is 16.0. The zero-order valence-electron chi connectivity index (χ0n) is 19.0. The number of hydrogen-bond acceptors (Lipinski definition) is 6. The van der Waals surface area contributed by atoms with Gasteiger partial charge in [-0.05, 0) is 62.2 Å². The van der Waals surface area contributed by atoms with Crippen molar-refractivity contribution in [2.75, 3.05) is 24.5 Å². The van der Waals surface area contributed by atoms with Gasteiger partial charge < -0.3 is 21.3 Å². The van der Waals surface area contributed by atoms with E-state index in [1.165, 1.54) is 19.0 Å². The smallest absolute Gasteiger partial charge is 0.226 e. The monoisotopic (exact) mass is 444 g/mol. The van der Waals surface area contributed by atoms with Gasteiger partial charge in [0.15, 0.2) is 0 Å². The van der Waals surface area contributed by atoms with Gasteiger partial charge in [0.05, 0.1) is 17.3 Å². The molecule has 4 fully saturated rings. The maximum absolute atomic E-state index is 12.9. The lowest BCUT2D eigenvalue weighted by Gasteiger charge is -2.43. The number of allylic oxidation sites excluding steroid dienone is 3. The number of hydrogen-bond donors (Lipinski definition) is 2. The van der Waals surface area contributed by atoms with Crippen LogP contribution in [-0.4, -0.2) is 41.5 Å². The SMILES string of the molecule is C=CC(=C/N)/C=C(\N)c1cc(C#N)c(N2CCN(C(=O)C3CC3)C(C3CC3)C2)nc1C1CC1. The van der Waals surface area contributed by atoms with E-state index in [1.807, 2.05) is 6.07 Å². The van der Waals surface area contributed by atoms with Gasteiger partial charge >= 0.3 is 0 Å².